The minimum absolute atomic E-state index is 0.121. The zero-order valence-electron chi connectivity index (χ0n) is 15.4. The molecule has 3 aromatic carbocycles. The van der Waals surface area contributed by atoms with Gasteiger partial charge in [-0.25, -0.2) is 9.78 Å². The average Bonchev–Trinajstić information content (AvgIpc) is 2.75. The SMILES string of the molecule is COC(=O)c1ccc2cc3cccc(C(=O)c4ccc(OC)cc4)c3nc2c1. The standard InChI is InChI=1S/C23H17NO4/c1-27-18-10-8-14(9-11-18)22(25)19-5-3-4-16-12-15-6-7-17(23(26)28-2)13-20(15)24-21(16)19/h3-13H,1-2H3. The van der Waals surface area contributed by atoms with Crippen molar-refractivity contribution < 1.29 is 19.1 Å². The smallest absolute Gasteiger partial charge is 0.337 e. The number of fused-ring (bicyclic) bond motifs is 2. The third-order valence-electron chi connectivity index (χ3n) is 4.66. The number of hydrogen-bond acceptors (Lipinski definition) is 5. The van der Waals surface area contributed by atoms with Gasteiger partial charge in [0.25, 0.3) is 0 Å². The Morgan fingerprint density at radius 1 is 0.821 bits per heavy atom. The van der Waals surface area contributed by atoms with Crippen molar-refractivity contribution in [3.63, 3.8) is 0 Å². The molecule has 5 nitrogen and oxygen atoms in total. The third kappa shape index (κ3) is 3.07. The van der Waals surface area contributed by atoms with Gasteiger partial charge in [0.05, 0.1) is 30.8 Å². The maximum Gasteiger partial charge on any atom is 0.337 e. The molecule has 4 rings (SSSR count). The molecule has 0 radical (unpaired) electrons. The van der Waals surface area contributed by atoms with E-state index in [9.17, 15) is 9.59 Å². The Bertz CT molecular complexity index is 1210. The van der Waals surface area contributed by atoms with Crippen LogP contribution < -0.4 is 4.74 Å². The van der Waals surface area contributed by atoms with Crippen LogP contribution in [0.5, 0.6) is 5.75 Å². The largest absolute Gasteiger partial charge is 0.497 e. The quantitative estimate of drug-likeness (QED) is 0.302. The number of rotatable bonds is 4. The monoisotopic (exact) mass is 371 g/mol. The van der Waals surface area contributed by atoms with Crippen molar-refractivity contribution in [1.82, 2.24) is 4.98 Å². The van der Waals surface area contributed by atoms with Gasteiger partial charge in [0, 0.05) is 21.9 Å². The van der Waals surface area contributed by atoms with Crippen molar-refractivity contribution in [2.45, 2.75) is 0 Å². The van der Waals surface area contributed by atoms with E-state index < -0.39 is 5.97 Å². The molecular formula is C23H17NO4. The van der Waals surface area contributed by atoms with Crippen molar-refractivity contribution in [1.29, 1.82) is 0 Å². The molecule has 0 N–H and O–H groups in total. The summed E-state index contributed by atoms with van der Waals surface area (Å²) >= 11 is 0. The predicted molar refractivity (Wildman–Crippen MR) is 107 cm³/mol. The maximum atomic E-state index is 13.1. The van der Waals surface area contributed by atoms with Crippen LogP contribution >= 0.6 is 0 Å². The highest BCUT2D eigenvalue weighted by molar-refractivity contribution is 6.16. The molecule has 5 heteroatoms. The summed E-state index contributed by atoms with van der Waals surface area (Å²) in [7, 11) is 2.92. The summed E-state index contributed by atoms with van der Waals surface area (Å²) in [4.78, 5) is 29.6. The van der Waals surface area contributed by atoms with Crippen LogP contribution in [0.3, 0.4) is 0 Å². The first-order valence-electron chi connectivity index (χ1n) is 8.71. The van der Waals surface area contributed by atoms with Crippen LogP contribution in [0.2, 0.25) is 0 Å². The predicted octanol–water partition coefficient (Wildman–Crippen LogP) is 4.41. The van der Waals surface area contributed by atoms with Crippen molar-refractivity contribution in [2.24, 2.45) is 0 Å². The maximum absolute atomic E-state index is 13.1. The molecule has 28 heavy (non-hydrogen) atoms. The average molecular weight is 371 g/mol. The number of pyridine rings is 1. The summed E-state index contributed by atoms with van der Waals surface area (Å²) in [6.45, 7) is 0. The van der Waals surface area contributed by atoms with Crippen LogP contribution in [0.4, 0.5) is 0 Å². The van der Waals surface area contributed by atoms with Gasteiger partial charge in [-0.2, -0.15) is 0 Å². The van der Waals surface area contributed by atoms with E-state index in [1.54, 1.807) is 49.6 Å². The molecule has 1 aromatic heterocycles. The van der Waals surface area contributed by atoms with Crippen LogP contribution in [0.15, 0.2) is 66.7 Å². The summed E-state index contributed by atoms with van der Waals surface area (Å²) in [6.07, 6.45) is 0. The van der Waals surface area contributed by atoms with Crippen molar-refractivity contribution in [3.05, 3.63) is 83.4 Å². The second-order valence-electron chi connectivity index (χ2n) is 6.32. The summed E-state index contributed by atoms with van der Waals surface area (Å²) in [5, 5.41) is 1.74. The summed E-state index contributed by atoms with van der Waals surface area (Å²) < 4.78 is 9.93. The van der Waals surface area contributed by atoms with Gasteiger partial charge in [-0.05, 0) is 48.5 Å². The first-order valence-corrected chi connectivity index (χ1v) is 8.71. The zero-order chi connectivity index (χ0) is 19.7. The highest BCUT2D eigenvalue weighted by Gasteiger charge is 2.15. The number of aromatic nitrogens is 1. The Morgan fingerprint density at radius 3 is 2.29 bits per heavy atom. The van der Waals surface area contributed by atoms with Crippen LogP contribution in [-0.4, -0.2) is 31.0 Å². The number of ketones is 1. The summed E-state index contributed by atoms with van der Waals surface area (Å²) in [6, 6.07) is 19.7. The van der Waals surface area contributed by atoms with Crippen LogP contribution in [-0.2, 0) is 4.74 Å². The molecule has 0 fully saturated rings. The van der Waals surface area contributed by atoms with E-state index in [1.807, 2.05) is 24.3 Å². The van der Waals surface area contributed by atoms with Gasteiger partial charge in [-0.1, -0.05) is 18.2 Å². The fourth-order valence-electron chi connectivity index (χ4n) is 3.18. The van der Waals surface area contributed by atoms with E-state index in [0.29, 0.717) is 33.5 Å². The lowest BCUT2D eigenvalue weighted by Crippen LogP contribution is -2.04. The number of benzene rings is 3. The minimum atomic E-state index is -0.425. The van der Waals surface area contributed by atoms with Crippen molar-refractivity contribution in [2.75, 3.05) is 14.2 Å². The zero-order valence-corrected chi connectivity index (χ0v) is 15.4. The van der Waals surface area contributed by atoms with Gasteiger partial charge in [0.15, 0.2) is 5.78 Å². The Hall–Kier alpha value is -3.73. The van der Waals surface area contributed by atoms with Gasteiger partial charge < -0.3 is 9.47 Å². The Kier molecular flexibility index (Phi) is 4.49. The second kappa shape index (κ2) is 7.12. The lowest BCUT2D eigenvalue weighted by molar-refractivity contribution is 0.0600. The van der Waals surface area contributed by atoms with Gasteiger partial charge in [-0.3, -0.25) is 4.79 Å². The molecule has 0 aliphatic heterocycles. The lowest BCUT2D eigenvalue weighted by atomic mass is 9.99. The van der Waals surface area contributed by atoms with Crippen LogP contribution in [0.1, 0.15) is 26.3 Å². The number of methoxy groups -OCH3 is 2. The van der Waals surface area contributed by atoms with Gasteiger partial charge in [0.2, 0.25) is 0 Å². The van der Waals surface area contributed by atoms with E-state index in [2.05, 4.69) is 4.98 Å². The summed E-state index contributed by atoms with van der Waals surface area (Å²) in [5.74, 6) is 0.143. The molecule has 0 spiro atoms. The topological polar surface area (TPSA) is 65.5 Å². The molecule has 0 amide bonds. The third-order valence-corrected chi connectivity index (χ3v) is 4.66. The first-order chi connectivity index (χ1) is 13.6. The van der Waals surface area contributed by atoms with Gasteiger partial charge in [-0.15, -0.1) is 0 Å². The van der Waals surface area contributed by atoms with Crippen molar-refractivity contribution in [3.8, 4) is 5.75 Å². The molecule has 0 unspecified atom stereocenters. The highest BCUT2D eigenvalue weighted by atomic mass is 16.5. The van der Waals surface area contributed by atoms with Gasteiger partial charge >= 0.3 is 5.97 Å². The molecule has 138 valence electrons. The Morgan fingerprint density at radius 2 is 1.57 bits per heavy atom. The molecule has 0 aliphatic rings. The fourth-order valence-corrected chi connectivity index (χ4v) is 3.18. The normalized spacial score (nSPS) is 10.8. The van der Waals surface area contributed by atoms with Gasteiger partial charge in [0.1, 0.15) is 5.75 Å². The molecule has 0 atom stereocenters. The van der Waals surface area contributed by atoms with Crippen LogP contribution in [0, 0.1) is 0 Å². The number of carbonyl (C=O) groups excluding carboxylic acids is 2. The molecule has 0 saturated carbocycles. The number of nitrogens with zero attached hydrogens (tertiary/aromatic N) is 1. The van der Waals surface area contributed by atoms with Crippen molar-refractivity contribution >= 4 is 33.6 Å². The van der Waals surface area contributed by atoms with E-state index in [-0.39, 0.29) is 5.78 Å². The molecular weight excluding hydrogens is 354 g/mol. The highest BCUT2D eigenvalue weighted by Crippen LogP contribution is 2.25. The molecule has 0 aliphatic carbocycles. The number of carbonyl (C=O) groups is 2. The van der Waals surface area contributed by atoms with E-state index in [0.717, 1.165) is 10.8 Å². The van der Waals surface area contributed by atoms with E-state index in [4.69, 9.17) is 9.47 Å². The summed E-state index contributed by atoms with van der Waals surface area (Å²) in [5.41, 5.74) is 2.70. The number of ether oxygens (including phenoxy) is 2. The number of para-hydroxylation sites is 1. The first kappa shape index (κ1) is 17.7. The Labute approximate surface area is 161 Å². The van der Waals surface area contributed by atoms with E-state index >= 15 is 0 Å². The molecule has 4 aromatic rings. The fraction of sp³-hybridized carbons (Fsp3) is 0.0870. The lowest BCUT2D eigenvalue weighted by Gasteiger charge is -2.08. The molecule has 0 saturated heterocycles. The number of hydrogen-bond donors (Lipinski definition) is 0. The second-order valence-corrected chi connectivity index (χ2v) is 6.32. The molecule has 1 heterocycles. The minimum Gasteiger partial charge on any atom is -0.497 e. The van der Waals surface area contributed by atoms with Crippen LogP contribution in [0.25, 0.3) is 21.8 Å². The molecule has 0 bridgehead atoms. The van der Waals surface area contributed by atoms with E-state index in [1.165, 1.54) is 7.11 Å². The Balaban J connectivity index is 1.86. The number of esters is 1.